The molecule has 0 radical (unpaired) electrons. The topological polar surface area (TPSA) is 26.3 Å². The highest BCUT2D eigenvalue weighted by molar-refractivity contribution is 6.32. The van der Waals surface area contributed by atoms with Crippen LogP contribution in [0.15, 0.2) is 18.2 Å². The van der Waals surface area contributed by atoms with E-state index in [-0.39, 0.29) is 11.4 Å². The van der Waals surface area contributed by atoms with Gasteiger partial charge >= 0.3 is 5.97 Å². The molecule has 0 aliphatic rings. The number of hydrogen-bond acceptors (Lipinski definition) is 2. The van der Waals surface area contributed by atoms with Crippen molar-refractivity contribution in [2.45, 2.75) is 33.1 Å². The predicted molar refractivity (Wildman–Crippen MR) is 61.5 cm³/mol. The minimum atomic E-state index is -0.358. The normalized spacial score (nSPS) is 11.3. The molecule has 1 aromatic rings. The SMILES string of the molecule is CC(=O)Oc1cc(C(C)(C)C)ccc1Cl. The van der Waals surface area contributed by atoms with E-state index < -0.39 is 0 Å². The van der Waals surface area contributed by atoms with Gasteiger partial charge in [0.05, 0.1) is 5.02 Å². The molecule has 0 unspecified atom stereocenters. The van der Waals surface area contributed by atoms with Gasteiger partial charge in [-0.3, -0.25) is 4.79 Å². The van der Waals surface area contributed by atoms with Gasteiger partial charge in [0, 0.05) is 6.92 Å². The van der Waals surface area contributed by atoms with Gasteiger partial charge in [0.25, 0.3) is 0 Å². The van der Waals surface area contributed by atoms with Crippen molar-refractivity contribution in [3.63, 3.8) is 0 Å². The molecule has 82 valence electrons. The van der Waals surface area contributed by atoms with Crippen LogP contribution < -0.4 is 4.74 Å². The number of hydrogen-bond donors (Lipinski definition) is 0. The summed E-state index contributed by atoms with van der Waals surface area (Å²) in [5, 5.41) is 0.457. The molecule has 0 aliphatic heterocycles. The van der Waals surface area contributed by atoms with Crippen molar-refractivity contribution in [3.8, 4) is 5.75 Å². The van der Waals surface area contributed by atoms with Gasteiger partial charge in [-0.05, 0) is 23.1 Å². The lowest BCUT2D eigenvalue weighted by Gasteiger charge is -2.19. The summed E-state index contributed by atoms with van der Waals surface area (Å²) in [5.74, 6) is 0.0690. The third kappa shape index (κ3) is 3.24. The summed E-state index contributed by atoms with van der Waals surface area (Å²) in [4.78, 5) is 10.8. The Morgan fingerprint density at radius 2 is 1.93 bits per heavy atom. The van der Waals surface area contributed by atoms with Crippen molar-refractivity contribution < 1.29 is 9.53 Å². The standard InChI is InChI=1S/C12H15ClO2/c1-8(14)15-11-7-9(12(2,3)4)5-6-10(11)13/h5-7H,1-4H3. The molecule has 0 amide bonds. The van der Waals surface area contributed by atoms with E-state index in [1.165, 1.54) is 6.92 Å². The summed E-state index contributed by atoms with van der Waals surface area (Å²) in [5.41, 5.74) is 1.10. The van der Waals surface area contributed by atoms with E-state index in [1.54, 1.807) is 6.07 Å². The fourth-order valence-electron chi connectivity index (χ4n) is 1.20. The van der Waals surface area contributed by atoms with Crippen LogP contribution in [0.1, 0.15) is 33.3 Å². The number of esters is 1. The molecular weight excluding hydrogens is 212 g/mol. The van der Waals surface area contributed by atoms with E-state index >= 15 is 0 Å². The van der Waals surface area contributed by atoms with Crippen LogP contribution in [0.3, 0.4) is 0 Å². The highest BCUT2D eigenvalue weighted by atomic mass is 35.5. The maximum absolute atomic E-state index is 10.8. The van der Waals surface area contributed by atoms with Crippen molar-refractivity contribution >= 4 is 17.6 Å². The first kappa shape index (κ1) is 12.1. The first-order valence-electron chi connectivity index (χ1n) is 4.79. The maximum Gasteiger partial charge on any atom is 0.308 e. The van der Waals surface area contributed by atoms with E-state index in [0.717, 1.165) is 5.56 Å². The van der Waals surface area contributed by atoms with Gasteiger partial charge in [-0.25, -0.2) is 0 Å². The molecule has 0 fully saturated rings. The summed E-state index contributed by atoms with van der Waals surface area (Å²) in [7, 11) is 0. The van der Waals surface area contributed by atoms with Crippen molar-refractivity contribution in [2.24, 2.45) is 0 Å². The van der Waals surface area contributed by atoms with Crippen LogP contribution >= 0.6 is 11.6 Å². The van der Waals surface area contributed by atoms with Gasteiger partial charge in [0.15, 0.2) is 0 Å². The van der Waals surface area contributed by atoms with Crippen molar-refractivity contribution in [1.29, 1.82) is 0 Å². The number of rotatable bonds is 1. The molecule has 0 saturated heterocycles. The van der Waals surface area contributed by atoms with Crippen molar-refractivity contribution in [2.75, 3.05) is 0 Å². The fraction of sp³-hybridized carbons (Fsp3) is 0.417. The first-order chi connectivity index (χ1) is 6.80. The van der Waals surface area contributed by atoms with E-state index in [0.29, 0.717) is 10.8 Å². The van der Waals surface area contributed by atoms with E-state index in [1.807, 2.05) is 12.1 Å². The van der Waals surface area contributed by atoms with E-state index in [9.17, 15) is 4.79 Å². The Hall–Kier alpha value is -1.02. The second-order valence-electron chi connectivity index (χ2n) is 4.49. The lowest BCUT2D eigenvalue weighted by Crippen LogP contribution is -2.11. The van der Waals surface area contributed by atoms with E-state index in [2.05, 4.69) is 20.8 Å². The summed E-state index contributed by atoms with van der Waals surface area (Å²) < 4.78 is 5.01. The van der Waals surface area contributed by atoms with Crippen LogP contribution in [0.25, 0.3) is 0 Å². The summed E-state index contributed by atoms with van der Waals surface area (Å²) in [6.45, 7) is 7.63. The zero-order chi connectivity index (χ0) is 11.6. The third-order valence-corrected chi connectivity index (χ3v) is 2.36. The molecule has 0 heterocycles. The number of benzene rings is 1. The highest BCUT2D eigenvalue weighted by Crippen LogP contribution is 2.31. The highest BCUT2D eigenvalue weighted by Gasteiger charge is 2.16. The molecule has 0 N–H and O–H groups in total. The van der Waals surface area contributed by atoms with E-state index in [4.69, 9.17) is 16.3 Å². The molecule has 1 rings (SSSR count). The van der Waals surface area contributed by atoms with Crippen LogP contribution in [-0.4, -0.2) is 5.97 Å². The Balaban J connectivity index is 3.11. The molecule has 3 heteroatoms. The van der Waals surface area contributed by atoms with Gasteiger partial charge in [0.2, 0.25) is 0 Å². The Kier molecular flexibility index (Phi) is 3.40. The number of carbonyl (C=O) groups excluding carboxylic acids is 1. The van der Waals surface area contributed by atoms with Crippen LogP contribution in [-0.2, 0) is 10.2 Å². The molecule has 0 saturated carbocycles. The molecule has 15 heavy (non-hydrogen) atoms. The minimum Gasteiger partial charge on any atom is -0.425 e. The lowest BCUT2D eigenvalue weighted by atomic mass is 9.87. The average Bonchev–Trinajstić information content (AvgIpc) is 2.06. The lowest BCUT2D eigenvalue weighted by molar-refractivity contribution is -0.131. The Morgan fingerprint density at radius 1 is 1.33 bits per heavy atom. The molecule has 0 bridgehead atoms. The monoisotopic (exact) mass is 226 g/mol. The molecule has 1 aromatic carbocycles. The summed E-state index contributed by atoms with van der Waals surface area (Å²) in [6, 6.07) is 5.50. The predicted octanol–water partition coefficient (Wildman–Crippen LogP) is 3.56. The number of ether oxygens (including phenoxy) is 1. The van der Waals surface area contributed by atoms with Crippen LogP contribution in [0.2, 0.25) is 5.02 Å². The summed E-state index contributed by atoms with van der Waals surface area (Å²) in [6.07, 6.45) is 0. The van der Waals surface area contributed by atoms with Crippen molar-refractivity contribution in [3.05, 3.63) is 28.8 Å². The van der Waals surface area contributed by atoms with Crippen LogP contribution in [0.5, 0.6) is 5.75 Å². The molecule has 0 aromatic heterocycles. The Labute approximate surface area is 95.2 Å². The fourth-order valence-corrected chi connectivity index (χ4v) is 1.36. The second-order valence-corrected chi connectivity index (χ2v) is 4.90. The van der Waals surface area contributed by atoms with Crippen molar-refractivity contribution in [1.82, 2.24) is 0 Å². The second kappa shape index (κ2) is 4.23. The average molecular weight is 227 g/mol. The van der Waals surface area contributed by atoms with Gasteiger partial charge in [-0.15, -0.1) is 0 Å². The van der Waals surface area contributed by atoms with Gasteiger partial charge in [-0.1, -0.05) is 38.4 Å². The molecule has 0 atom stereocenters. The first-order valence-corrected chi connectivity index (χ1v) is 5.17. The maximum atomic E-state index is 10.8. The molecule has 0 spiro atoms. The van der Waals surface area contributed by atoms with Gasteiger partial charge in [-0.2, -0.15) is 0 Å². The molecular formula is C12H15ClO2. The summed E-state index contributed by atoms with van der Waals surface area (Å²) >= 11 is 5.91. The smallest absolute Gasteiger partial charge is 0.308 e. The van der Waals surface area contributed by atoms with Crippen LogP contribution in [0.4, 0.5) is 0 Å². The zero-order valence-corrected chi connectivity index (χ0v) is 10.2. The van der Waals surface area contributed by atoms with Gasteiger partial charge < -0.3 is 4.74 Å². The minimum absolute atomic E-state index is 0.0134. The number of halogens is 1. The zero-order valence-electron chi connectivity index (χ0n) is 9.43. The van der Waals surface area contributed by atoms with Crippen LogP contribution in [0, 0.1) is 0 Å². The third-order valence-electron chi connectivity index (χ3n) is 2.05. The number of carbonyl (C=O) groups is 1. The molecule has 2 nitrogen and oxygen atoms in total. The Bertz CT molecular complexity index is 378. The van der Waals surface area contributed by atoms with Gasteiger partial charge in [0.1, 0.15) is 5.75 Å². The largest absolute Gasteiger partial charge is 0.425 e. The quantitative estimate of drug-likeness (QED) is 0.541. The molecule has 0 aliphatic carbocycles. The Morgan fingerprint density at radius 3 is 2.40 bits per heavy atom.